The maximum atomic E-state index is 10.7. The monoisotopic (exact) mass is 182 g/mol. The molecule has 1 heterocycles. The molecule has 0 fully saturated rings. The summed E-state index contributed by atoms with van der Waals surface area (Å²) < 4.78 is 1.73. The van der Waals surface area contributed by atoms with Gasteiger partial charge < -0.3 is 11.5 Å². The number of nitrogens with zero attached hydrogens (tertiary/aromatic N) is 2. The molecule has 0 bridgehead atoms. The normalized spacial score (nSPS) is 13.2. The molecule has 0 saturated carbocycles. The lowest BCUT2D eigenvalue weighted by atomic mass is 10.2. The van der Waals surface area contributed by atoms with Crippen LogP contribution >= 0.6 is 0 Å². The lowest BCUT2D eigenvalue weighted by molar-refractivity contribution is -0.119. The van der Waals surface area contributed by atoms with Crippen molar-refractivity contribution in [2.75, 3.05) is 0 Å². The third kappa shape index (κ3) is 2.06. The van der Waals surface area contributed by atoms with E-state index in [1.54, 1.807) is 17.1 Å². The molecule has 1 unspecified atom stereocenters. The fourth-order valence-corrected chi connectivity index (χ4v) is 0.960. The van der Waals surface area contributed by atoms with Gasteiger partial charge in [-0.15, -0.1) is 0 Å². The van der Waals surface area contributed by atoms with E-state index in [1.165, 1.54) is 0 Å². The number of amides is 1. The van der Waals surface area contributed by atoms with Gasteiger partial charge in [-0.2, -0.15) is 5.10 Å². The fourth-order valence-electron chi connectivity index (χ4n) is 0.960. The smallest absolute Gasteiger partial charge is 0.239 e. The highest BCUT2D eigenvalue weighted by molar-refractivity contribution is 5.80. The molecular formula is C8H14N4O. The lowest BCUT2D eigenvalue weighted by Crippen LogP contribution is -2.27. The van der Waals surface area contributed by atoms with Gasteiger partial charge in [0.15, 0.2) is 0 Å². The third-order valence-corrected chi connectivity index (χ3v) is 1.82. The van der Waals surface area contributed by atoms with Gasteiger partial charge in [-0.1, -0.05) is 0 Å². The van der Waals surface area contributed by atoms with Crippen molar-refractivity contribution < 1.29 is 4.79 Å². The van der Waals surface area contributed by atoms with Crippen LogP contribution in [0.4, 0.5) is 0 Å². The molecule has 0 aliphatic rings. The van der Waals surface area contributed by atoms with E-state index in [0.717, 1.165) is 0 Å². The van der Waals surface area contributed by atoms with Gasteiger partial charge >= 0.3 is 0 Å². The van der Waals surface area contributed by atoms with Crippen LogP contribution in [0.25, 0.3) is 0 Å². The largest absolute Gasteiger partial charge is 0.368 e. The van der Waals surface area contributed by atoms with Gasteiger partial charge in [-0.25, -0.2) is 0 Å². The molecule has 1 amide bonds. The molecule has 1 rings (SSSR count). The zero-order chi connectivity index (χ0) is 10.0. The Morgan fingerprint density at radius 1 is 1.62 bits per heavy atom. The van der Waals surface area contributed by atoms with Gasteiger partial charge in [-0.3, -0.25) is 9.48 Å². The highest BCUT2D eigenvalue weighted by Crippen LogP contribution is 2.11. The molecule has 0 aromatic carbocycles. The summed E-state index contributed by atoms with van der Waals surface area (Å²) >= 11 is 0. The minimum Gasteiger partial charge on any atom is -0.368 e. The van der Waals surface area contributed by atoms with E-state index in [-0.39, 0.29) is 6.04 Å². The first-order valence-corrected chi connectivity index (χ1v) is 4.11. The van der Waals surface area contributed by atoms with Crippen LogP contribution in [0.5, 0.6) is 0 Å². The molecule has 5 heteroatoms. The lowest BCUT2D eigenvalue weighted by Gasteiger charge is -2.05. The number of primary amides is 1. The van der Waals surface area contributed by atoms with E-state index < -0.39 is 11.9 Å². The number of carbonyl (C=O) groups is 1. The van der Waals surface area contributed by atoms with Crippen molar-refractivity contribution in [2.45, 2.75) is 25.9 Å². The van der Waals surface area contributed by atoms with Crippen LogP contribution in [-0.4, -0.2) is 15.7 Å². The second-order valence-corrected chi connectivity index (χ2v) is 3.23. The summed E-state index contributed by atoms with van der Waals surface area (Å²) in [4.78, 5) is 10.7. The van der Waals surface area contributed by atoms with Crippen LogP contribution in [0.3, 0.4) is 0 Å². The Labute approximate surface area is 76.7 Å². The van der Waals surface area contributed by atoms with Crippen LogP contribution in [0.2, 0.25) is 0 Å². The van der Waals surface area contributed by atoms with Crippen molar-refractivity contribution >= 4 is 5.91 Å². The van der Waals surface area contributed by atoms with Crippen molar-refractivity contribution in [2.24, 2.45) is 11.5 Å². The van der Waals surface area contributed by atoms with Crippen LogP contribution in [0, 0.1) is 0 Å². The van der Waals surface area contributed by atoms with Gasteiger partial charge in [0, 0.05) is 17.8 Å². The molecule has 1 aromatic rings. The SMILES string of the molecule is CC(C)n1cc(C(N)C(N)=O)cn1. The second kappa shape index (κ2) is 3.57. The maximum absolute atomic E-state index is 10.7. The Balaban J connectivity index is 2.85. The van der Waals surface area contributed by atoms with Gasteiger partial charge in [-0.05, 0) is 13.8 Å². The first-order valence-electron chi connectivity index (χ1n) is 4.11. The van der Waals surface area contributed by atoms with Gasteiger partial charge in [0.1, 0.15) is 6.04 Å². The molecule has 4 N–H and O–H groups in total. The summed E-state index contributed by atoms with van der Waals surface area (Å²) in [5.74, 6) is -0.539. The van der Waals surface area contributed by atoms with Crippen LogP contribution < -0.4 is 11.5 Å². The zero-order valence-electron chi connectivity index (χ0n) is 7.77. The van der Waals surface area contributed by atoms with Crippen LogP contribution in [0.15, 0.2) is 12.4 Å². The van der Waals surface area contributed by atoms with E-state index in [4.69, 9.17) is 11.5 Å². The molecule has 72 valence electrons. The van der Waals surface area contributed by atoms with Crippen LogP contribution in [0.1, 0.15) is 31.5 Å². The van der Waals surface area contributed by atoms with Gasteiger partial charge in [0.05, 0.1) is 6.20 Å². The number of rotatable bonds is 3. The molecule has 13 heavy (non-hydrogen) atoms. The van der Waals surface area contributed by atoms with Crippen molar-refractivity contribution in [1.82, 2.24) is 9.78 Å². The van der Waals surface area contributed by atoms with Crippen molar-refractivity contribution in [3.8, 4) is 0 Å². The molecule has 0 aliphatic heterocycles. The number of hydrogen-bond donors (Lipinski definition) is 2. The number of hydrogen-bond acceptors (Lipinski definition) is 3. The minimum absolute atomic E-state index is 0.258. The predicted molar refractivity (Wildman–Crippen MR) is 48.7 cm³/mol. The summed E-state index contributed by atoms with van der Waals surface area (Å²) in [6.07, 6.45) is 3.30. The predicted octanol–water partition coefficient (Wildman–Crippen LogP) is -0.0509. The van der Waals surface area contributed by atoms with Gasteiger partial charge in [0.2, 0.25) is 5.91 Å². The standard InChI is InChI=1S/C8H14N4O/c1-5(2)12-4-6(3-11-12)7(9)8(10)13/h3-5,7H,9H2,1-2H3,(H2,10,13). The average molecular weight is 182 g/mol. The van der Waals surface area contributed by atoms with E-state index >= 15 is 0 Å². The molecule has 5 nitrogen and oxygen atoms in total. The summed E-state index contributed by atoms with van der Waals surface area (Å²) in [5.41, 5.74) is 11.2. The zero-order valence-corrected chi connectivity index (χ0v) is 7.77. The quantitative estimate of drug-likeness (QED) is 0.687. The Kier molecular flexibility index (Phi) is 2.67. The summed E-state index contributed by atoms with van der Waals surface area (Å²) in [6, 6.07) is -0.499. The van der Waals surface area contributed by atoms with E-state index in [0.29, 0.717) is 5.56 Å². The Morgan fingerprint density at radius 2 is 2.23 bits per heavy atom. The van der Waals surface area contributed by atoms with Crippen LogP contribution in [-0.2, 0) is 4.79 Å². The summed E-state index contributed by atoms with van der Waals surface area (Å²) in [6.45, 7) is 3.99. The first-order chi connectivity index (χ1) is 6.02. The number of aromatic nitrogens is 2. The van der Waals surface area contributed by atoms with Gasteiger partial charge in [0.25, 0.3) is 0 Å². The molecule has 0 saturated heterocycles. The average Bonchev–Trinajstić information content (AvgIpc) is 2.50. The maximum Gasteiger partial charge on any atom is 0.239 e. The molecule has 0 aliphatic carbocycles. The molecule has 0 radical (unpaired) electrons. The second-order valence-electron chi connectivity index (χ2n) is 3.23. The third-order valence-electron chi connectivity index (χ3n) is 1.82. The number of nitrogens with two attached hydrogens (primary N) is 2. The Bertz CT molecular complexity index is 305. The highest BCUT2D eigenvalue weighted by Gasteiger charge is 2.14. The van der Waals surface area contributed by atoms with Crippen molar-refractivity contribution in [3.05, 3.63) is 18.0 Å². The topological polar surface area (TPSA) is 86.9 Å². The molecule has 0 spiro atoms. The summed E-state index contributed by atoms with van der Waals surface area (Å²) in [5, 5.41) is 4.05. The summed E-state index contributed by atoms with van der Waals surface area (Å²) in [7, 11) is 0. The highest BCUT2D eigenvalue weighted by atomic mass is 16.1. The van der Waals surface area contributed by atoms with Crippen molar-refractivity contribution in [1.29, 1.82) is 0 Å². The molecular weight excluding hydrogens is 168 g/mol. The fraction of sp³-hybridized carbons (Fsp3) is 0.500. The van der Waals surface area contributed by atoms with E-state index in [2.05, 4.69) is 5.10 Å². The first kappa shape index (κ1) is 9.73. The van der Waals surface area contributed by atoms with E-state index in [1.807, 2.05) is 13.8 Å². The molecule has 1 atom stereocenters. The Hall–Kier alpha value is -1.36. The number of carbonyl (C=O) groups excluding carboxylic acids is 1. The minimum atomic E-state index is -0.757. The van der Waals surface area contributed by atoms with E-state index in [9.17, 15) is 4.79 Å². The Morgan fingerprint density at radius 3 is 2.62 bits per heavy atom. The van der Waals surface area contributed by atoms with Crippen molar-refractivity contribution in [3.63, 3.8) is 0 Å². The molecule has 1 aromatic heterocycles.